The topological polar surface area (TPSA) is 193 Å². The summed E-state index contributed by atoms with van der Waals surface area (Å²) in [6.07, 6.45) is 0.861. The molecule has 0 saturated carbocycles. The van der Waals surface area contributed by atoms with E-state index in [9.17, 15) is 39.5 Å². The molecule has 3 aromatic carbocycles. The van der Waals surface area contributed by atoms with Gasteiger partial charge < -0.3 is 5.11 Å². The predicted octanol–water partition coefficient (Wildman–Crippen LogP) is 1.24. The van der Waals surface area contributed by atoms with E-state index in [1.807, 2.05) is 10.8 Å². The van der Waals surface area contributed by atoms with Crippen molar-refractivity contribution in [2.75, 3.05) is 17.4 Å². The molecule has 4 rings (SSSR count). The number of halogens is 1. The van der Waals surface area contributed by atoms with Gasteiger partial charge in [-0.05, 0) is 53.8 Å². The fraction of sp³-hybridized carbons (Fsp3) is 0.240. The van der Waals surface area contributed by atoms with E-state index < -0.39 is 48.5 Å². The van der Waals surface area contributed by atoms with Crippen LogP contribution in [0, 0.1) is 5.82 Å². The van der Waals surface area contributed by atoms with Crippen LogP contribution in [0.3, 0.4) is 0 Å². The molecule has 1 heterocycles. The van der Waals surface area contributed by atoms with Crippen LogP contribution in [0.25, 0.3) is 0 Å². The molecule has 12 nitrogen and oxygen atoms in total. The fourth-order valence-electron chi connectivity index (χ4n) is 3.77. The van der Waals surface area contributed by atoms with Gasteiger partial charge in [0.15, 0.2) is 0 Å². The average molecular weight is 629 g/mol. The monoisotopic (exact) mass is 628 g/mol. The van der Waals surface area contributed by atoms with E-state index in [2.05, 4.69) is 4.72 Å². The first-order chi connectivity index (χ1) is 19.1. The van der Waals surface area contributed by atoms with Crippen LogP contribution in [-0.4, -0.2) is 49.4 Å². The van der Waals surface area contributed by atoms with Crippen LogP contribution in [0.15, 0.2) is 72.8 Å². The second-order valence-corrected chi connectivity index (χ2v) is 14.1. The first kappa shape index (κ1) is 32.0. The van der Waals surface area contributed by atoms with Crippen molar-refractivity contribution in [2.24, 2.45) is 5.14 Å². The normalized spacial score (nSPS) is 14.7. The van der Waals surface area contributed by atoms with Crippen molar-refractivity contribution in [3.8, 4) is 5.75 Å². The summed E-state index contributed by atoms with van der Waals surface area (Å²) in [5.74, 6) is -1.78. The lowest BCUT2D eigenvalue weighted by molar-refractivity contribution is -0.117. The Kier molecular flexibility index (Phi) is 10.4. The predicted molar refractivity (Wildman–Crippen MR) is 151 cm³/mol. The minimum atomic E-state index is -4.01. The number of primary sulfonamides is 1. The van der Waals surface area contributed by atoms with Crippen molar-refractivity contribution >= 4 is 41.9 Å². The highest BCUT2D eigenvalue weighted by molar-refractivity contribution is 7.92. The molecule has 0 radical (unpaired) electrons. The summed E-state index contributed by atoms with van der Waals surface area (Å²) in [4.78, 5) is 11.3. The van der Waals surface area contributed by atoms with Gasteiger partial charge >= 0.3 is 10.2 Å². The largest absolute Gasteiger partial charge is 0.506 e. The van der Waals surface area contributed by atoms with Crippen LogP contribution in [0.4, 0.5) is 10.1 Å². The molecule has 41 heavy (non-hydrogen) atoms. The number of nitrogens with one attached hydrogen (secondary N) is 2. The van der Waals surface area contributed by atoms with Gasteiger partial charge in [-0.1, -0.05) is 48.5 Å². The molecule has 3 aromatic rings. The summed E-state index contributed by atoms with van der Waals surface area (Å²) in [6.45, 7) is -0.254. The summed E-state index contributed by atoms with van der Waals surface area (Å²) in [6, 6.07) is 18.4. The zero-order valence-corrected chi connectivity index (χ0v) is 24.1. The number of phenolic OH excluding ortho intramolecular Hbond substituents is 1. The van der Waals surface area contributed by atoms with Gasteiger partial charge in [0.25, 0.3) is 5.91 Å². The number of rotatable bonds is 10. The number of hydrogen-bond acceptors (Lipinski definition) is 8. The lowest BCUT2D eigenvalue weighted by Gasteiger charge is -2.16. The Bertz CT molecular complexity index is 1680. The zero-order chi connectivity index (χ0) is 30.3. The minimum absolute atomic E-state index is 0.0166. The van der Waals surface area contributed by atoms with Crippen molar-refractivity contribution in [1.82, 2.24) is 9.44 Å². The van der Waals surface area contributed by atoms with Gasteiger partial charge in [0.1, 0.15) is 18.1 Å². The van der Waals surface area contributed by atoms with E-state index in [-0.39, 0.29) is 29.5 Å². The number of hydrogen-bond donors (Lipinski definition) is 4. The third-order valence-corrected chi connectivity index (χ3v) is 9.06. The van der Waals surface area contributed by atoms with Gasteiger partial charge in [0.2, 0.25) is 20.0 Å². The van der Waals surface area contributed by atoms with Crippen molar-refractivity contribution in [2.45, 2.75) is 24.3 Å². The maximum absolute atomic E-state index is 12.9. The van der Waals surface area contributed by atoms with Crippen molar-refractivity contribution < 1.29 is 39.5 Å². The van der Waals surface area contributed by atoms with E-state index in [1.165, 1.54) is 36.4 Å². The molecular weight excluding hydrogens is 599 g/mol. The Morgan fingerprint density at radius 3 is 2.10 bits per heavy atom. The first-order valence-corrected chi connectivity index (χ1v) is 16.9. The highest BCUT2D eigenvalue weighted by atomic mass is 32.2. The molecule has 5 N–H and O–H groups in total. The maximum Gasteiger partial charge on any atom is 0.326 e. The summed E-state index contributed by atoms with van der Waals surface area (Å²) >= 11 is 0. The van der Waals surface area contributed by atoms with Gasteiger partial charge in [-0.15, -0.1) is 0 Å². The number of nitrogens with two attached hydrogens (primary N) is 1. The SMILES string of the molecule is NS(=O)(=O)Cc1ccccc1.O=C1CN(c2ccc(CCCNS(=O)(=O)Cc3ccc(F)cc3)cc2O)S(=O)(=O)N1. The van der Waals surface area contributed by atoms with E-state index in [0.717, 1.165) is 9.87 Å². The van der Waals surface area contributed by atoms with Gasteiger partial charge in [0.05, 0.1) is 17.2 Å². The van der Waals surface area contributed by atoms with Crippen LogP contribution in [0.2, 0.25) is 0 Å². The number of nitrogens with zero attached hydrogens (tertiary/aromatic N) is 1. The van der Waals surface area contributed by atoms with Gasteiger partial charge in [-0.3, -0.25) is 4.79 Å². The quantitative estimate of drug-likeness (QED) is 0.241. The minimum Gasteiger partial charge on any atom is -0.506 e. The van der Waals surface area contributed by atoms with E-state index in [0.29, 0.717) is 24.0 Å². The third kappa shape index (κ3) is 10.4. The molecule has 0 atom stereocenters. The van der Waals surface area contributed by atoms with E-state index >= 15 is 0 Å². The van der Waals surface area contributed by atoms with Crippen molar-refractivity contribution in [3.63, 3.8) is 0 Å². The molecule has 16 heteroatoms. The van der Waals surface area contributed by atoms with Crippen LogP contribution in [0.1, 0.15) is 23.1 Å². The molecule has 0 spiro atoms. The Labute approximate surface area is 238 Å². The molecule has 0 aliphatic carbocycles. The van der Waals surface area contributed by atoms with Crippen LogP contribution in [-0.2, 0) is 53.0 Å². The smallest absolute Gasteiger partial charge is 0.326 e. The molecule has 0 bridgehead atoms. The Balaban J connectivity index is 0.000000352. The number of amides is 1. The maximum atomic E-state index is 12.9. The number of aryl methyl sites for hydroxylation is 1. The molecule has 1 aliphatic heterocycles. The molecule has 0 unspecified atom stereocenters. The van der Waals surface area contributed by atoms with Crippen LogP contribution < -0.4 is 18.9 Å². The lowest BCUT2D eigenvalue weighted by atomic mass is 10.1. The number of sulfonamides is 2. The van der Waals surface area contributed by atoms with E-state index in [4.69, 9.17) is 5.14 Å². The number of carbonyl (C=O) groups is 1. The fourth-order valence-corrected chi connectivity index (χ4v) is 6.78. The second-order valence-electron chi connectivity index (χ2n) is 9.04. The number of anilines is 1. The molecule has 1 saturated heterocycles. The second kappa shape index (κ2) is 13.4. The third-order valence-electron chi connectivity index (χ3n) is 5.57. The van der Waals surface area contributed by atoms with Crippen LogP contribution >= 0.6 is 0 Å². The first-order valence-electron chi connectivity index (χ1n) is 12.0. The Hall–Kier alpha value is -3.57. The van der Waals surface area contributed by atoms with E-state index in [1.54, 1.807) is 30.3 Å². The van der Waals surface area contributed by atoms with Crippen LogP contribution in [0.5, 0.6) is 5.75 Å². The number of phenols is 1. The lowest BCUT2D eigenvalue weighted by Crippen LogP contribution is -2.29. The zero-order valence-electron chi connectivity index (χ0n) is 21.6. The number of aromatic hydroxyl groups is 1. The molecule has 1 amide bonds. The summed E-state index contributed by atoms with van der Waals surface area (Å²) in [7, 11) is -11.0. The molecule has 222 valence electrons. The molecule has 1 fully saturated rings. The highest BCUT2D eigenvalue weighted by Crippen LogP contribution is 2.31. The molecule has 0 aromatic heterocycles. The highest BCUT2D eigenvalue weighted by Gasteiger charge is 2.35. The Morgan fingerprint density at radius 2 is 1.54 bits per heavy atom. The van der Waals surface area contributed by atoms with Crippen molar-refractivity contribution in [3.05, 3.63) is 95.3 Å². The number of benzene rings is 3. The standard InChI is InChI=1S/C18H20FN3O6S2.C7H9NO2S/c19-15-6-3-14(4-7-15)12-29(25,26)20-9-1-2-13-5-8-16(17(23)10-13)22-11-18(24)21-30(22,27)28;8-11(9,10)6-7-4-2-1-3-5-7/h3-8,10,20,23H,1-2,9,11-12H2,(H,21,24);1-5H,6H2,(H2,8,9,10). The molecule has 1 aliphatic rings. The summed E-state index contributed by atoms with van der Waals surface area (Å²) in [5.41, 5.74) is 1.84. The summed E-state index contributed by atoms with van der Waals surface area (Å²) < 4.78 is 87.0. The van der Waals surface area contributed by atoms with Gasteiger partial charge in [-0.2, -0.15) is 8.42 Å². The average Bonchev–Trinajstić information content (AvgIpc) is 3.14. The Morgan fingerprint density at radius 1 is 0.927 bits per heavy atom. The summed E-state index contributed by atoms with van der Waals surface area (Å²) in [5, 5.41) is 15.0. The molecular formula is C25H29FN4O8S3. The number of carbonyl (C=O) groups excluding carboxylic acids is 1. The van der Waals surface area contributed by atoms with Crippen molar-refractivity contribution in [1.29, 1.82) is 0 Å². The van der Waals surface area contributed by atoms with Gasteiger partial charge in [-0.25, -0.2) is 40.1 Å². The van der Waals surface area contributed by atoms with Gasteiger partial charge in [0, 0.05) is 6.54 Å².